The third-order valence-electron chi connectivity index (χ3n) is 1.57. The highest BCUT2D eigenvalue weighted by Crippen LogP contribution is 1.98. The maximum atomic E-state index is 9.93. The Morgan fingerprint density at radius 1 is 1.10 bits per heavy atom. The lowest BCUT2D eigenvalue weighted by molar-refractivity contribution is -0.139. The van der Waals surface area contributed by atoms with Gasteiger partial charge in [0.25, 0.3) is 6.47 Å². The predicted molar refractivity (Wildman–Crippen MR) is 87.9 cm³/mol. The Bertz CT molecular complexity index is 284. The fourth-order valence-electron chi connectivity index (χ4n) is 0.826. The molecule has 0 atom stereocenters. The number of carbonyl (C=O) groups excluding carboxylic acids is 2. The van der Waals surface area contributed by atoms with Crippen molar-refractivity contribution in [2.75, 3.05) is 13.2 Å². The van der Waals surface area contributed by atoms with Crippen LogP contribution in [0.2, 0.25) is 0 Å². The minimum Gasteiger partial charge on any atom is -0.464 e. The van der Waals surface area contributed by atoms with Crippen LogP contribution in [0.25, 0.3) is 0 Å². The number of ether oxygens (including phenoxy) is 2. The fourth-order valence-corrected chi connectivity index (χ4v) is 0.826. The molecule has 0 saturated carbocycles. The smallest absolute Gasteiger partial charge is 0.302 e. The molecule has 0 heterocycles. The van der Waals surface area contributed by atoms with Crippen molar-refractivity contribution in [2.24, 2.45) is 0 Å². The molecule has 0 aromatic rings. The van der Waals surface area contributed by atoms with Crippen LogP contribution in [0.1, 0.15) is 33.6 Å². The maximum Gasteiger partial charge on any atom is 0.302 e. The van der Waals surface area contributed by atoms with E-state index in [1.165, 1.54) is 31.9 Å². The van der Waals surface area contributed by atoms with Crippen LogP contribution in [-0.2, 0) is 19.1 Å². The molecule has 0 fully saturated rings. The van der Waals surface area contributed by atoms with Crippen molar-refractivity contribution in [2.45, 2.75) is 33.6 Å². The first kappa shape index (κ1) is 24.0. The average Bonchev–Trinajstić information content (AvgIpc) is 2.55. The van der Waals surface area contributed by atoms with Crippen LogP contribution in [0, 0.1) is 0 Å². The van der Waals surface area contributed by atoms with Crippen molar-refractivity contribution in [1.82, 2.24) is 0 Å². The van der Waals surface area contributed by atoms with Gasteiger partial charge in [-0.15, -0.1) is 0 Å². The number of hydrogen-bond donors (Lipinski definition) is 0. The van der Waals surface area contributed by atoms with E-state index in [-0.39, 0.29) is 5.97 Å². The van der Waals surface area contributed by atoms with Gasteiger partial charge in [0.05, 0.1) is 0 Å². The van der Waals surface area contributed by atoms with Gasteiger partial charge >= 0.3 is 5.97 Å². The minimum absolute atomic E-state index is 0.264. The molecule has 21 heavy (non-hydrogen) atoms. The van der Waals surface area contributed by atoms with Gasteiger partial charge in [0.1, 0.15) is 13.2 Å². The Balaban J connectivity index is -0.000000219. The third-order valence-corrected chi connectivity index (χ3v) is 1.57. The molecule has 0 N–H and O–H groups in total. The second-order valence-corrected chi connectivity index (χ2v) is 3.24. The summed E-state index contributed by atoms with van der Waals surface area (Å²) in [6, 6.07) is 0. The first-order chi connectivity index (χ1) is 10.2. The molecular formula is C17H28O4. The highest BCUT2D eigenvalue weighted by atomic mass is 16.5. The number of hydrogen-bond acceptors (Lipinski definition) is 4. The summed E-state index contributed by atoms with van der Waals surface area (Å²) in [5.74, 6) is -0.264. The molecule has 0 saturated heterocycles. The summed E-state index contributed by atoms with van der Waals surface area (Å²) in [5.41, 5.74) is 0. The van der Waals surface area contributed by atoms with E-state index in [4.69, 9.17) is 0 Å². The molecule has 0 bridgehead atoms. The summed E-state index contributed by atoms with van der Waals surface area (Å²) in [7, 11) is 0. The zero-order valence-corrected chi connectivity index (χ0v) is 13.4. The molecule has 0 amide bonds. The Kier molecular flexibility index (Phi) is 30.2. The van der Waals surface area contributed by atoms with Crippen molar-refractivity contribution in [3.8, 4) is 0 Å². The van der Waals surface area contributed by atoms with E-state index in [1.807, 2.05) is 13.8 Å². The fraction of sp³-hybridized carbons (Fsp3) is 0.412. The number of allylic oxidation sites excluding steroid dienone is 4. The van der Waals surface area contributed by atoms with Crippen LogP contribution in [0.3, 0.4) is 0 Å². The van der Waals surface area contributed by atoms with Crippen LogP contribution >= 0.6 is 0 Å². The lowest BCUT2D eigenvalue weighted by Crippen LogP contribution is -1.96. The molecule has 4 nitrogen and oxygen atoms in total. The van der Waals surface area contributed by atoms with Crippen molar-refractivity contribution in [1.29, 1.82) is 0 Å². The second-order valence-electron chi connectivity index (χ2n) is 3.24. The Hall–Kier alpha value is -2.10. The molecule has 1 aliphatic rings. The van der Waals surface area contributed by atoms with Gasteiger partial charge in [0, 0.05) is 6.92 Å². The summed E-state index contributed by atoms with van der Waals surface area (Å²) < 4.78 is 8.62. The second kappa shape index (κ2) is 26.5. The molecule has 1 rings (SSSR count). The van der Waals surface area contributed by atoms with Crippen molar-refractivity contribution in [3.63, 3.8) is 0 Å². The van der Waals surface area contributed by atoms with Crippen molar-refractivity contribution < 1.29 is 19.1 Å². The van der Waals surface area contributed by atoms with Crippen LogP contribution in [-0.4, -0.2) is 25.7 Å². The molecule has 0 aliphatic heterocycles. The van der Waals surface area contributed by atoms with Crippen molar-refractivity contribution in [3.05, 3.63) is 49.6 Å². The van der Waals surface area contributed by atoms with Gasteiger partial charge in [-0.05, 0) is 12.8 Å². The monoisotopic (exact) mass is 296 g/mol. The topological polar surface area (TPSA) is 52.6 Å². The normalized spacial score (nSPS) is 10.0. The van der Waals surface area contributed by atoms with Crippen LogP contribution in [0.15, 0.2) is 49.6 Å². The highest BCUT2D eigenvalue weighted by molar-refractivity contribution is 5.65. The Morgan fingerprint density at radius 2 is 1.57 bits per heavy atom. The first-order valence-corrected chi connectivity index (χ1v) is 6.91. The molecule has 120 valence electrons. The molecular weight excluding hydrogens is 268 g/mol. The summed E-state index contributed by atoms with van der Waals surface area (Å²) in [6.07, 6.45) is 14.0. The lowest BCUT2D eigenvalue weighted by Gasteiger charge is -1.90. The zero-order chi connectivity index (χ0) is 16.8. The van der Waals surface area contributed by atoms with E-state index < -0.39 is 0 Å². The van der Waals surface area contributed by atoms with Gasteiger partial charge in [0.15, 0.2) is 0 Å². The number of esters is 1. The van der Waals surface area contributed by atoms with Crippen LogP contribution in [0.4, 0.5) is 0 Å². The summed E-state index contributed by atoms with van der Waals surface area (Å²) >= 11 is 0. The number of carbonyl (C=O) groups is 2. The van der Waals surface area contributed by atoms with E-state index in [0.29, 0.717) is 19.7 Å². The summed E-state index contributed by atoms with van der Waals surface area (Å²) in [6.45, 7) is 13.0. The van der Waals surface area contributed by atoms with Crippen LogP contribution in [0.5, 0.6) is 0 Å². The molecule has 0 radical (unpaired) electrons. The van der Waals surface area contributed by atoms with E-state index >= 15 is 0 Å². The quantitative estimate of drug-likeness (QED) is 0.333. The van der Waals surface area contributed by atoms with E-state index in [0.717, 1.165) is 0 Å². The van der Waals surface area contributed by atoms with Gasteiger partial charge < -0.3 is 9.47 Å². The highest BCUT2D eigenvalue weighted by Gasteiger charge is 1.83. The van der Waals surface area contributed by atoms with Crippen molar-refractivity contribution >= 4 is 12.4 Å². The summed E-state index contributed by atoms with van der Waals surface area (Å²) in [4.78, 5) is 19.2. The molecule has 0 aromatic carbocycles. The standard InChI is InChI=1S/C6H8.C5H8O2.C4H6O2.C2H6/c1-2-4-6-5-3-1;1-3-4-7-5(2)6;1-2-3-6-4-5;1-2/h1-4H,5-6H2;3H,1,4H2,2H3;2,4H,1,3H2;1-2H3. The average molecular weight is 296 g/mol. The molecule has 4 heteroatoms. The SMILES string of the molecule is C1=CCCC=C1.C=CCOC(C)=O.C=CCOC=O.CC. The summed E-state index contributed by atoms with van der Waals surface area (Å²) in [5, 5.41) is 0. The zero-order valence-electron chi connectivity index (χ0n) is 13.4. The Labute approximate surface area is 128 Å². The first-order valence-electron chi connectivity index (χ1n) is 6.91. The maximum absolute atomic E-state index is 9.93. The van der Waals surface area contributed by atoms with E-state index in [2.05, 4.69) is 46.9 Å². The van der Waals surface area contributed by atoms with Gasteiger partial charge in [-0.25, -0.2) is 0 Å². The van der Waals surface area contributed by atoms with Crippen LogP contribution < -0.4 is 0 Å². The molecule has 0 aromatic heterocycles. The van der Waals surface area contributed by atoms with Gasteiger partial charge in [-0.3, -0.25) is 9.59 Å². The number of rotatable bonds is 5. The Morgan fingerprint density at radius 3 is 1.71 bits per heavy atom. The van der Waals surface area contributed by atoms with Gasteiger partial charge in [-0.1, -0.05) is 63.5 Å². The molecule has 0 unspecified atom stereocenters. The molecule has 1 aliphatic carbocycles. The third kappa shape index (κ3) is 38.1. The van der Waals surface area contributed by atoms with Gasteiger partial charge in [0.2, 0.25) is 0 Å². The lowest BCUT2D eigenvalue weighted by atomic mass is 10.2. The van der Waals surface area contributed by atoms with E-state index in [9.17, 15) is 9.59 Å². The minimum atomic E-state index is -0.264. The molecule has 0 spiro atoms. The van der Waals surface area contributed by atoms with Gasteiger partial charge in [-0.2, -0.15) is 0 Å². The van der Waals surface area contributed by atoms with E-state index in [1.54, 1.807) is 0 Å². The predicted octanol–water partition coefficient (Wildman–Crippen LogP) is 4.00. The largest absolute Gasteiger partial charge is 0.464 e.